The summed E-state index contributed by atoms with van der Waals surface area (Å²) in [5, 5.41) is 0.253. The van der Waals surface area contributed by atoms with Crippen LogP contribution in [0.3, 0.4) is 0 Å². The Labute approximate surface area is 196 Å². The molecule has 0 bridgehead atoms. The first-order valence-corrected chi connectivity index (χ1v) is 11.4. The zero-order chi connectivity index (χ0) is 24.0. The number of hydrogen-bond donors (Lipinski definition) is 0. The molecule has 10 heteroatoms. The molecule has 0 aliphatic rings. The molecule has 0 radical (unpaired) electrons. The second kappa shape index (κ2) is 10.4. The standard InChI is InChI=1S/C23H20ClNO7S/c1-3-13-25(20-10-5-4-9-19(20)24)33(28,29)18-8-6-7-16(14-18)22(26)31-15-17-11-12-21(32-17)23(27)30-2/h3-12,14H,1,13,15H2,2H3. The zero-order valence-electron chi connectivity index (χ0n) is 17.6. The van der Waals surface area contributed by atoms with Crippen LogP contribution >= 0.6 is 11.6 Å². The Kier molecular flexibility index (Phi) is 7.57. The molecule has 0 N–H and O–H groups in total. The van der Waals surface area contributed by atoms with Crippen LogP contribution in [0.4, 0.5) is 5.69 Å². The van der Waals surface area contributed by atoms with E-state index in [9.17, 15) is 18.0 Å². The summed E-state index contributed by atoms with van der Waals surface area (Å²) in [6.07, 6.45) is 1.44. The molecular formula is C23H20ClNO7S. The summed E-state index contributed by atoms with van der Waals surface area (Å²) in [7, 11) is -2.86. The van der Waals surface area contributed by atoms with Gasteiger partial charge in [-0.15, -0.1) is 6.58 Å². The number of halogens is 1. The van der Waals surface area contributed by atoms with Crippen LogP contribution in [0, 0.1) is 0 Å². The molecule has 8 nitrogen and oxygen atoms in total. The molecule has 0 saturated heterocycles. The van der Waals surface area contributed by atoms with Crippen LogP contribution in [0.5, 0.6) is 0 Å². The summed E-state index contributed by atoms with van der Waals surface area (Å²) in [6.45, 7) is 3.34. The van der Waals surface area contributed by atoms with Gasteiger partial charge in [-0.25, -0.2) is 18.0 Å². The molecule has 0 amide bonds. The summed E-state index contributed by atoms with van der Waals surface area (Å²) >= 11 is 6.21. The van der Waals surface area contributed by atoms with Crippen molar-refractivity contribution in [1.29, 1.82) is 0 Å². The number of hydrogen-bond acceptors (Lipinski definition) is 7. The van der Waals surface area contributed by atoms with Crippen LogP contribution < -0.4 is 4.31 Å². The van der Waals surface area contributed by atoms with Crippen LogP contribution in [-0.2, 0) is 26.1 Å². The molecule has 2 aromatic carbocycles. The molecule has 0 atom stereocenters. The highest BCUT2D eigenvalue weighted by Gasteiger charge is 2.26. The fourth-order valence-corrected chi connectivity index (χ4v) is 4.68. The molecule has 0 aliphatic heterocycles. The lowest BCUT2D eigenvalue weighted by atomic mass is 10.2. The number of furan rings is 1. The highest BCUT2D eigenvalue weighted by Crippen LogP contribution is 2.30. The van der Waals surface area contributed by atoms with E-state index in [-0.39, 0.29) is 45.8 Å². The zero-order valence-corrected chi connectivity index (χ0v) is 19.1. The Balaban J connectivity index is 1.82. The van der Waals surface area contributed by atoms with Crippen molar-refractivity contribution < 1.29 is 31.9 Å². The van der Waals surface area contributed by atoms with Gasteiger partial charge in [0.25, 0.3) is 10.0 Å². The molecule has 3 rings (SSSR count). The maximum atomic E-state index is 13.3. The Hall–Kier alpha value is -3.56. The molecule has 0 unspecified atom stereocenters. The van der Waals surface area contributed by atoms with E-state index < -0.39 is 22.0 Å². The average molecular weight is 490 g/mol. The van der Waals surface area contributed by atoms with E-state index in [1.165, 1.54) is 49.6 Å². The lowest BCUT2D eigenvalue weighted by Crippen LogP contribution is -2.31. The minimum Gasteiger partial charge on any atom is -0.463 e. The number of carbonyl (C=O) groups excluding carboxylic acids is 2. The fourth-order valence-electron chi connectivity index (χ4n) is 2.89. The van der Waals surface area contributed by atoms with Crippen molar-refractivity contribution in [2.24, 2.45) is 0 Å². The number of sulfonamides is 1. The maximum Gasteiger partial charge on any atom is 0.373 e. The second-order valence-corrected chi connectivity index (χ2v) is 8.91. The van der Waals surface area contributed by atoms with Gasteiger partial charge >= 0.3 is 11.9 Å². The third kappa shape index (κ3) is 5.44. The average Bonchev–Trinajstić information content (AvgIpc) is 3.30. The van der Waals surface area contributed by atoms with E-state index >= 15 is 0 Å². The third-order valence-corrected chi connectivity index (χ3v) is 6.56. The molecule has 0 fully saturated rings. The summed E-state index contributed by atoms with van der Waals surface area (Å²) in [5.74, 6) is -1.23. The van der Waals surface area contributed by atoms with E-state index in [2.05, 4.69) is 11.3 Å². The number of ether oxygens (including phenoxy) is 2. The fraction of sp³-hybridized carbons (Fsp3) is 0.130. The SMILES string of the molecule is C=CCN(c1ccccc1Cl)S(=O)(=O)c1cccc(C(=O)OCc2ccc(C(=O)OC)o2)c1. The van der Waals surface area contributed by atoms with Crippen LogP contribution in [0.25, 0.3) is 0 Å². The van der Waals surface area contributed by atoms with Gasteiger partial charge in [0.1, 0.15) is 12.4 Å². The van der Waals surface area contributed by atoms with Gasteiger partial charge in [0.05, 0.1) is 34.8 Å². The molecule has 33 heavy (non-hydrogen) atoms. The predicted molar refractivity (Wildman–Crippen MR) is 122 cm³/mol. The summed E-state index contributed by atoms with van der Waals surface area (Å²) in [5.41, 5.74) is 0.305. The largest absolute Gasteiger partial charge is 0.463 e. The van der Waals surface area contributed by atoms with Crippen molar-refractivity contribution in [3.63, 3.8) is 0 Å². The Morgan fingerprint density at radius 1 is 1.09 bits per heavy atom. The highest BCUT2D eigenvalue weighted by molar-refractivity contribution is 7.92. The first-order valence-electron chi connectivity index (χ1n) is 9.60. The Bertz CT molecular complexity index is 1280. The van der Waals surface area contributed by atoms with E-state index in [1.54, 1.807) is 24.3 Å². The molecule has 0 aliphatic carbocycles. The van der Waals surface area contributed by atoms with Crippen LogP contribution in [0.2, 0.25) is 5.02 Å². The van der Waals surface area contributed by atoms with Crippen LogP contribution in [0.15, 0.2) is 82.6 Å². The molecule has 3 aromatic rings. The number of anilines is 1. The number of carbonyl (C=O) groups is 2. The Morgan fingerprint density at radius 3 is 2.55 bits per heavy atom. The van der Waals surface area contributed by atoms with E-state index in [0.717, 1.165) is 4.31 Å². The number of esters is 2. The van der Waals surface area contributed by atoms with E-state index in [0.29, 0.717) is 0 Å². The highest BCUT2D eigenvalue weighted by atomic mass is 35.5. The second-order valence-electron chi connectivity index (χ2n) is 6.64. The quantitative estimate of drug-likeness (QED) is 0.323. The number of nitrogens with zero attached hydrogens (tertiary/aromatic N) is 1. The smallest absolute Gasteiger partial charge is 0.373 e. The van der Waals surface area contributed by atoms with Crippen LogP contribution in [0.1, 0.15) is 26.7 Å². The van der Waals surface area contributed by atoms with Crippen molar-refractivity contribution in [3.8, 4) is 0 Å². The minimum absolute atomic E-state index is 0.0218. The van der Waals surface area contributed by atoms with E-state index in [1.807, 2.05) is 0 Å². The number of para-hydroxylation sites is 1. The van der Waals surface area contributed by atoms with E-state index in [4.69, 9.17) is 20.8 Å². The summed E-state index contributed by atoms with van der Waals surface area (Å²) < 4.78 is 42.7. The van der Waals surface area contributed by atoms with Gasteiger partial charge < -0.3 is 13.9 Å². The van der Waals surface area contributed by atoms with Crippen molar-refractivity contribution >= 4 is 39.3 Å². The summed E-state index contributed by atoms with van der Waals surface area (Å²) in [4.78, 5) is 23.8. The Morgan fingerprint density at radius 2 is 1.85 bits per heavy atom. The predicted octanol–water partition coefficient (Wildman–Crippen LogP) is 4.46. The lowest BCUT2D eigenvalue weighted by Gasteiger charge is -2.24. The number of methoxy groups -OCH3 is 1. The maximum absolute atomic E-state index is 13.3. The van der Waals surface area contributed by atoms with Crippen molar-refractivity contribution in [3.05, 3.63) is 95.4 Å². The molecular weight excluding hydrogens is 470 g/mol. The molecule has 0 spiro atoms. The number of rotatable bonds is 9. The topological polar surface area (TPSA) is 103 Å². The first kappa shape index (κ1) is 24.1. The molecule has 1 heterocycles. The lowest BCUT2D eigenvalue weighted by molar-refractivity contribution is 0.0438. The van der Waals surface area contributed by atoms with Crippen molar-refractivity contribution in [1.82, 2.24) is 0 Å². The molecule has 1 aromatic heterocycles. The van der Waals surface area contributed by atoms with Gasteiger partial charge in [0.15, 0.2) is 0 Å². The van der Waals surface area contributed by atoms with Gasteiger partial charge in [-0.1, -0.05) is 35.9 Å². The third-order valence-electron chi connectivity index (χ3n) is 4.47. The molecule has 0 saturated carbocycles. The normalized spacial score (nSPS) is 11.0. The van der Waals surface area contributed by atoms with Crippen molar-refractivity contribution in [2.45, 2.75) is 11.5 Å². The van der Waals surface area contributed by atoms with Gasteiger partial charge in [-0.3, -0.25) is 4.31 Å². The van der Waals surface area contributed by atoms with Gasteiger partial charge in [0, 0.05) is 0 Å². The van der Waals surface area contributed by atoms with Crippen molar-refractivity contribution in [2.75, 3.05) is 18.0 Å². The summed E-state index contributed by atoms with van der Waals surface area (Å²) in [6, 6.07) is 14.8. The molecule has 172 valence electrons. The van der Waals surface area contributed by atoms with Gasteiger partial charge in [0.2, 0.25) is 5.76 Å². The van der Waals surface area contributed by atoms with Crippen LogP contribution in [-0.4, -0.2) is 34.0 Å². The first-order chi connectivity index (χ1) is 15.8. The van der Waals surface area contributed by atoms with Gasteiger partial charge in [-0.05, 0) is 42.5 Å². The number of benzene rings is 2. The monoisotopic (exact) mass is 489 g/mol. The van der Waals surface area contributed by atoms with Gasteiger partial charge in [-0.2, -0.15) is 0 Å². The minimum atomic E-state index is -4.07.